The number of fused-ring (bicyclic) bond motifs is 2. The summed E-state index contributed by atoms with van der Waals surface area (Å²) >= 11 is 1.29. The normalized spacial score (nSPS) is 14.9. The van der Waals surface area contributed by atoms with Crippen LogP contribution in [-0.2, 0) is 31.3 Å². The highest BCUT2D eigenvalue weighted by molar-refractivity contribution is 7.99. The number of halogens is 6. The van der Waals surface area contributed by atoms with E-state index in [1.165, 1.54) is 29.6 Å². The van der Waals surface area contributed by atoms with E-state index in [1.54, 1.807) is 0 Å². The smallest absolute Gasteiger partial charge is 0.412 e. The highest BCUT2D eigenvalue weighted by atomic mass is 32.2. The highest BCUT2D eigenvalue weighted by Gasteiger charge is 2.39. The van der Waals surface area contributed by atoms with Gasteiger partial charge in [0.1, 0.15) is 22.6 Å². The van der Waals surface area contributed by atoms with Crippen molar-refractivity contribution in [3.63, 3.8) is 0 Å². The molecule has 0 aliphatic carbocycles. The fourth-order valence-corrected chi connectivity index (χ4v) is 5.72. The molecule has 1 unspecified atom stereocenters. The van der Waals surface area contributed by atoms with Crippen molar-refractivity contribution in [1.29, 1.82) is 0 Å². The first-order chi connectivity index (χ1) is 18.2. The predicted octanol–water partition coefficient (Wildman–Crippen LogP) is 5.21. The maximum Gasteiger partial charge on any atom is 0.412 e. The molecule has 0 bridgehead atoms. The number of hydrogen-bond donors (Lipinski definition) is 1. The molecule has 0 amide bonds. The number of nitrogens with two attached hydrogens (primary N) is 1. The summed E-state index contributed by atoms with van der Waals surface area (Å²) in [6.07, 6.45) is -9.70. The first kappa shape index (κ1) is 29.4. The molecule has 2 N–H and O–H groups in total. The number of alkyl halides is 6. The van der Waals surface area contributed by atoms with Crippen molar-refractivity contribution >= 4 is 36.5 Å². The molecule has 39 heavy (non-hydrogen) atoms. The molecule has 0 fully saturated rings. The van der Waals surface area contributed by atoms with Crippen LogP contribution in [0.2, 0.25) is 0 Å². The predicted molar refractivity (Wildman–Crippen MR) is 127 cm³/mol. The fourth-order valence-electron chi connectivity index (χ4n) is 3.46. The molecule has 18 heteroatoms. The zero-order chi connectivity index (χ0) is 28.4. The van der Waals surface area contributed by atoms with Crippen LogP contribution in [-0.4, -0.2) is 64.1 Å². The topological polar surface area (TPSA) is 124 Å². The minimum atomic E-state index is -4.94. The van der Waals surface area contributed by atoms with Crippen LogP contribution in [0.15, 0.2) is 34.4 Å². The van der Waals surface area contributed by atoms with E-state index in [0.29, 0.717) is 22.8 Å². The summed E-state index contributed by atoms with van der Waals surface area (Å²) in [6.45, 7) is -2.11. The van der Waals surface area contributed by atoms with Gasteiger partial charge in [-0.15, -0.1) is 0 Å². The lowest BCUT2D eigenvalue weighted by atomic mass is 10.2. The number of anilines is 1. The summed E-state index contributed by atoms with van der Waals surface area (Å²) in [7, 11) is -4.91. The largest absolute Gasteiger partial charge is 0.493 e. The Morgan fingerprint density at radius 2 is 1.85 bits per heavy atom. The number of rotatable bonds is 11. The average Bonchev–Trinajstić information content (AvgIpc) is 3.46. The van der Waals surface area contributed by atoms with Crippen molar-refractivity contribution < 1.29 is 49.4 Å². The Morgan fingerprint density at radius 1 is 1.15 bits per heavy atom. The van der Waals surface area contributed by atoms with Crippen LogP contribution in [0.1, 0.15) is 12.5 Å². The zero-order valence-corrected chi connectivity index (χ0v) is 21.9. The van der Waals surface area contributed by atoms with E-state index in [9.17, 15) is 30.9 Å². The molecular formula is C21H22F6N5O5PS. The van der Waals surface area contributed by atoms with E-state index in [0.717, 1.165) is 22.6 Å². The third kappa shape index (κ3) is 8.20. The Bertz CT molecular complexity index is 1350. The number of benzene rings is 1. The van der Waals surface area contributed by atoms with Gasteiger partial charge in [-0.25, -0.2) is 9.97 Å². The Kier molecular flexibility index (Phi) is 8.66. The molecule has 1 aliphatic heterocycles. The van der Waals surface area contributed by atoms with Gasteiger partial charge in [0.2, 0.25) is 5.95 Å². The van der Waals surface area contributed by atoms with Crippen molar-refractivity contribution in [2.24, 2.45) is 0 Å². The van der Waals surface area contributed by atoms with Crippen LogP contribution in [0.25, 0.3) is 11.2 Å². The second-order valence-corrected chi connectivity index (χ2v) is 11.5. The quantitative estimate of drug-likeness (QED) is 0.178. The van der Waals surface area contributed by atoms with E-state index < -0.39 is 45.6 Å². The van der Waals surface area contributed by atoms with Crippen LogP contribution in [0.5, 0.6) is 5.75 Å². The van der Waals surface area contributed by atoms with Crippen LogP contribution in [0.4, 0.5) is 32.3 Å². The van der Waals surface area contributed by atoms with Gasteiger partial charge in [-0.1, -0.05) is 17.8 Å². The monoisotopic (exact) mass is 601 g/mol. The Hall–Kier alpha value is -2.59. The van der Waals surface area contributed by atoms with E-state index in [-0.39, 0.29) is 12.5 Å². The van der Waals surface area contributed by atoms with Crippen molar-refractivity contribution in [2.45, 2.75) is 48.3 Å². The Labute approximate surface area is 221 Å². The number of aromatic nitrogens is 4. The van der Waals surface area contributed by atoms with Crippen LogP contribution in [0.3, 0.4) is 0 Å². The summed E-state index contributed by atoms with van der Waals surface area (Å²) in [5.41, 5.74) is 7.70. The molecular weight excluding hydrogens is 579 g/mol. The SMILES string of the molecule is CC(Cn1cnc2c(Sc3ccc4c(c3)OCC4)nc(N)nc21)OCP(=O)(OCC(F)(F)F)OCC(F)(F)F. The van der Waals surface area contributed by atoms with Crippen LogP contribution >= 0.6 is 19.4 Å². The maximum absolute atomic E-state index is 12.5. The van der Waals surface area contributed by atoms with Crippen LogP contribution in [0, 0.1) is 0 Å². The van der Waals surface area contributed by atoms with Crippen molar-refractivity contribution in [3.8, 4) is 5.75 Å². The average molecular weight is 601 g/mol. The van der Waals surface area contributed by atoms with Crippen molar-refractivity contribution in [1.82, 2.24) is 19.5 Å². The second-order valence-electron chi connectivity index (χ2n) is 8.42. The number of nitrogen functional groups attached to an aromatic ring is 1. The van der Waals surface area contributed by atoms with Gasteiger partial charge in [0.25, 0.3) is 0 Å². The summed E-state index contributed by atoms with van der Waals surface area (Å²) in [6, 6.07) is 5.75. The van der Waals surface area contributed by atoms with Gasteiger partial charge >= 0.3 is 19.9 Å². The van der Waals surface area contributed by atoms with Crippen molar-refractivity contribution in [2.75, 3.05) is 31.9 Å². The Balaban J connectivity index is 1.45. The molecule has 1 aromatic carbocycles. The van der Waals surface area contributed by atoms with Gasteiger partial charge < -0.3 is 19.8 Å². The minimum Gasteiger partial charge on any atom is -0.493 e. The van der Waals surface area contributed by atoms with Gasteiger partial charge in [0, 0.05) is 11.3 Å². The lowest BCUT2D eigenvalue weighted by molar-refractivity contribution is -0.166. The van der Waals surface area contributed by atoms with E-state index >= 15 is 0 Å². The lowest BCUT2D eigenvalue weighted by Crippen LogP contribution is -2.23. The fraction of sp³-hybridized carbons (Fsp3) is 0.476. The first-order valence-corrected chi connectivity index (χ1v) is 13.8. The number of nitrogens with zero attached hydrogens (tertiary/aromatic N) is 4. The van der Waals surface area contributed by atoms with Crippen molar-refractivity contribution in [3.05, 3.63) is 30.1 Å². The van der Waals surface area contributed by atoms with E-state index in [1.807, 2.05) is 18.2 Å². The summed E-state index contributed by atoms with van der Waals surface area (Å²) in [5.74, 6) is 0.730. The molecule has 2 aromatic heterocycles. The van der Waals surface area contributed by atoms with Gasteiger partial charge in [-0.3, -0.25) is 13.6 Å². The third-order valence-electron chi connectivity index (χ3n) is 5.15. The zero-order valence-electron chi connectivity index (χ0n) is 20.2. The lowest BCUT2D eigenvalue weighted by Gasteiger charge is -2.22. The van der Waals surface area contributed by atoms with Gasteiger partial charge in [0.05, 0.1) is 25.6 Å². The summed E-state index contributed by atoms with van der Waals surface area (Å²) < 4.78 is 108. The van der Waals surface area contributed by atoms with E-state index in [2.05, 4.69) is 24.0 Å². The molecule has 0 radical (unpaired) electrons. The molecule has 4 rings (SSSR count). The van der Waals surface area contributed by atoms with Crippen LogP contribution < -0.4 is 10.5 Å². The molecule has 3 aromatic rings. The van der Waals surface area contributed by atoms with E-state index in [4.69, 9.17) is 15.2 Å². The second kappa shape index (κ2) is 11.5. The van der Waals surface area contributed by atoms with Gasteiger partial charge in [-0.05, 0) is 24.6 Å². The molecule has 3 heterocycles. The molecule has 1 atom stereocenters. The molecule has 0 saturated carbocycles. The number of hydrogen-bond acceptors (Lipinski definition) is 10. The maximum atomic E-state index is 12.5. The standard InChI is InChI=1S/C21H22F6N5O5PS/c1-12(35-11-38(33,36-8-20(22,23)24)37-9-21(25,26)27)7-32-10-29-16-17(32)30-19(28)31-18(16)39-14-3-2-13-4-5-34-15(13)6-14/h2-3,6,10,12H,4-5,7-9,11H2,1H3,(H2,28,30,31). The minimum absolute atomic E-state index is 0.0255. The molecule has 0 spiro atoms. The number of ether oxygens (including phenoxy) is 2. The summed E-state index contributed by atoms with van der Waals surface area (Å²) in [4.78, 5) is 13.6. The number of imidazole rings is 1. The molecule has 0 saturated heterocycles. The first-order valence-electron chi connectivity index (χ1n) is 11.2. The molecule has 1 aliphatic rings. The molecule has 214 valence electrons. The highest BCUT2D eigenvalue weighted by Crippen LogP contribution is 2.50. The van der Waals surface area contributed by atoms with Gasteiger partial charge in [-0.2, -0.15) is 31.3 Å². The summed E-state index contributed by atoms with van der Waals surface area (Å²) in [5, 5.41) is 0.452. The molecule has 10 nitrogen and oxygen atoms in total. The Morgan fingerprint density at radius 3 is 2.51 bits per heavy atom. The van der Waals surface area contributed by atoms with Gasteiger partial charge in [0.15, 0.2) is 18.9 Å². The third-order valence-corrected chi connectivity index (χ3v) is 7.63.